The van der Waals surface area contributed by atoms with Crippen molar-refractivity contribution in [1.82, 2.24) is 5.32 Å². The molecule has 0 spiro atoms. The molecular formula is C17H29NS. The molecule has 0 saturated heterocycles. The summed E-state index contributed by atoms with van der Waals surface area (Å²) in [6, 6.07) is 5.23. The fraction of sp³-hybridized carbons (Fsp3) is 0.765. The number of hydrogen-bond acceptors (Lipinski definition) is 2. The topological polar surface area (TPSA) is 12.0 Å². The second-order valence-electron chi connectivity index (χ2n) is 5.93. The molecule has 1 unspecified atom stereocenters. The first kappa shape index (κ1) is 15.1. The maximum Gasteiger partial charge on any atom is 0.00954 e. The smallest absolute Gasteiger partial charge is 0.00954 e. The van der Waals surface area contributed by atoms with Gasteiger partial charge in [-0.1, -0.05) is 32.3 Å². The van der Waals surface area contributed by atoms with Crippen LogP contribution in [0, 0.1) is 5.92 Å². The predicted molar refractivity (Wildman–Crippen MR) is 85.9 cm³/mol. The van der Waals surface area contributed by atoms with Gasteiger partial charge in [-0.2, -0.15) is 0 Å². The summed E-state index contributed by atoms with van der Waals surface area (Å²) in [5, 5.41) is 6.02. The highest BCUT2D eigenvalue weighted by atomic mass is 32.1. The average molecular weight is 279 g/mol. The van der Waals surface area contributed by atoms with Crippen molar-refractivity contribution in [1.29, 1.82) is 0 Å². The zero-order valence-corrected chi connectivity index (χ0v) is 13.2. The third-order valence-corrected chi connectivity index (χ3v) is 5.33. The lowest BCUT2D eigenvalue weighted by Crippen LogP contribution is -2.37. The lowest BCUT2D eigenvalue weighted by Gasteiger charge is -2.31. The number of thiophene rings is 1. The zero-order chi connectivity index (χ0) is 13.3. The van der Waals surface area contributed by atoms with Crippen LogP contribution in [0.5, 0.6) is 0 Å². The summed E-state index contributed by atoms with van der Waals surface area (Å²) in [5.41, 5.74) is 0. The van der Waals surface area contributed by atoms with E-state index in [0.29, 0.717) is 0 Å². The Morgan fingerprint density at radius 2 is 2.16 bits per heavy atom. The summed E-state index contributed by atoms with van der Waals surface area (Å²) < 4.78 is 0. The molecule has 1 nitrogen and oxygen atoms in total. The van der Waals surface area contributed by atoms with E-state index in [2.05, 4.69) is 29.8 Å². The van der Waals surface area contributed by atoms with E-state index in [9.17, 15) is 0 Å². The van der Waals surface area contributed by atoms with Gasteiger partial charge in [0.2, 0.25) is 0 Å². The normalized spacial score (nSPS) is 18.6. The summed E-state index contributed by atoms with van der Waals surface area (Å²) in [6.45, 7) is 3.47. The van der Waals surface area contributed by atoms with E-state index in [1.807, 2.05) is 11.3 Å². The largest absolute Gasteiger partial charge is 0.314 e. The number of nitrogens with one attached hydrogen (secondary N) is 1. The van der Waals surface area contributed by atoms with E-state index >= 15 is 0 Å². The van der Waals surface area contributed by atoms with Crippen LogP contribution in [0.3, 0.4) is 0 Å². The van der Waals surface area contributed by atoms with Gasteiger partial charge in [-0.15, -0.1) is 11.3 Å². The van der Waals surface area contributed by atoms with Gasteiger partial charge in [0.05, 0.1) is 0 Å². The molecule has 1 aromatic rings. The van der Waals surface area contributed by atoms with Crippen molar-refractivity contribution in [3.05, 3.63) is 22.4 Å². The molecule has 2 rings (SSSR count). The first-order valence-corrected chi connectivity index (χ1v) is 9.04. The molecule has 108 valence electrons. The van der Waals surface area contributed by atoms with E-state index in [1.54, 1.807) is 4.88 Å². The maximum absolute atomic E-state index is 3.82. The highest BCUT2D eigenvalue weighted by Crippen LogP contribution is 2.28. The van der Waals surface area contributed by atoms with Crippen LogP contribution in [0.25, 0.3) is 0 Å². The fourth-order valence-corrected chi connectivity index (χ4v) is 4.07. The SMILES string of the molecule is CCCNC(CCCc1cccs1)C1CCCCC1. The number of hydrogen-bond donors (Lipinski definition) is 1. The fourth-order valence-electron chi connectivity index (χ4n) is 3.32. The molecule has 0 aliphatic heterocycles. The molecule has 1 saturated carbocycles. The lowest BCUT2D eigenvalue weighted by atomic mass is 9.82. The van der Waals surface area contributed by atoms with Gasteiger partial charge < -0.3 is 5.32 Å². The van der Waals surface area contributed by atoms with E-state index in [0.717, 1.165) is 12.0 Å². The quantitative estimate of drug-likeness (QED) is 0.704. The minimum Gasteiger partial charge on any atom is -0.314 e. The highest BCUT2D eigenvalue weighted by Gasteiger charge is 2.22. The van der Waals surface area contributed by atoms with Gasteiger partial charge in [0, 0.05) is 10.9 Å². The van der Waals surface area contributed by atoms with Crippen LogP contribution in [0.4, 0.5) is 0 Å². The van der Waals surface area contributed by atoms with E-state index in [4.69, 9.17) is 0 Å². The minimum atomic E-state index is 0.778. The molecule has 0 radical (unpaired) electrons. The summed E-state index contributed by atoms with van der Waals surface area (Å²) >= 11 is 1.91. The average Bonchev–Trinajstić information content (AvgIpc) is 2.97. The molecule has 1 N–H and O–H groups in total. The van der Waals surface area contributed by atoms with Crippen molar-refractivity contribution >= 4 is 11.3 Å². The van der Waals surface area contributed by atoms with Crippen LogP contribution < -0.4 is 5.32 Å². The monoisotopic (exact) mass is 279 g/mol. The van der Waals surface area contributed by atoms with Gasteiger partial charge in [-0.3, -0.25) is 0 Å². The van der Waals surface area contributed by atoms with Crippen molar-refractivity contribution in [2.45, 2.75) is 70.8 Å². The molecule has 0 aromatic carbocycles. The molecule has 1 fully saturated rings. The Bertz CT molecular complexity index is 314. The van der Waals surface area contributed by atoms with Gasteiger partial charge in [0.25, 0.3) is 0 Å². The Morgan fingerprint density at radius 3 is 2.84 bits per heavy atom. The Balaban J connectivity index is 1.75. The maximum atomic E-state index is 3.82. The van der Waals surface area contributed by atoms with Crippen LogP contribution >= 0.6 is 11.3 Å². The summed E-state index contributed by atoms with van der Waals surface area (Å²) in [5.74, 6) is 0.948. The van der Waals surface area contributed by atoms with Crippen LogP contribution in [-0.4, -0.2) is 12.6 Å². The summed E-state index contributed by atoms with van der Waals surface area (Å²) in [7, 11) is 0. The second-order valence-corrected chi connectivity index (χ2v) is 6.96. The predicted octanol–water partition coefficient (Wildman–Crippen LogP) is 5.02. The van der Waals surface area contributed by atoms with Crippen molar-refractivity contribution in [2.75, 3.05) is 6.54 Å². The number of rotatable bonds is 8. The van der Waals surface area contributed by atoms with Crippen molar-refractivity contribution < 1.29 is 0 Å². The Labute approximate surface area is 122 Å². The molecule has 1 aromatic heterocycles. The Morgan fingerprint density at radius 1 is 1.32 bits per heavy atom. The first-order chi connectivity index (χ1) is 9.40. The van der Waals surface area contributed by atoms with Gasteiger partial charge in [0.15, 0.2) is 0 Å². The Kier molecular flexibility index (Phi) is 6.94. The lowest BCUT2D eigenvalue weighted by molar-refractivity contribution is 0.255. The molecule has 1 aliphatic carbocycles. The summed E-state index contributed by atoms with van der Waals surface area (Å²) in [6.07, 6.45) is 12.5. The van der Waals surface area contributed by atoms with Gasteiger partial charge in [0.1, 0.15) is 0 Å². The third-order valence-electron chi connectivity index (χ3n) is 4.39. The molecule has 1 aliphatic rings. The number of aryl methyl sites for hydroxylation is 1. The standard InChI is InChI=1S/C17H29NS/c1-2-13-18-17(15-8-4-3-5-9-15)12-6-10-16-11-7-14-19-16/h7,11,14-15,17-18H,2-6,8-10,12-13H2,1H3. The van der Waals surface area contributed by atoms with Gasteiger partial charge >= 0.3 is 0 Å². The van der Waals surface area contributed by atoms with Crippen LogP contribution in [0.2, 0.25) is 0 Å². The third kappa shape index (κ3) is 5.27. The second kappa shape index (κ2) is 8.76. The molecule has 0 bridgehead atoms. The van der Waals surface area contributed by atoms with Crippen molar-refractivity contribution in [2.24, 2.45) is 5.92 Å². The van der Waals surface area contributed by atoms with E-state index in [1.165, 1.54) is 64.3 Å². The molecule has 19 heavy (non-hydrogen) atoms. The molecular weight excluding hydrogens is 250 g/mol. The van der Waals surface area contributed by atoms with Crippen LogP contribution in [-0.2, 0) is 6.42 Å². The van der Waals surface area contributed by atoms with Gasteiger partial charge in [-0.05, 0) is 62.4 Å². The molecule has 1 atom stereocenters. The molecule has 2 heteroatoms. The van der Waals surface area contributed by atoms with E-state index < -0.39 is 0 Å². The first-order valence-electron chi connectivity index (χ1n) is 8.16. The van der Waals surface area contributed by atoms with Crippen molar-refractivity contribution in [3.8, 4) is 0 Å². The summed E-state index contributed by atoms with van der Waals surface area (Å²) in [4.78, 5) is 1.55. The Hall–Kier alpha value is -0.340. The zero-order valence-electron chi connectivity index (χ0n) is 12.4. The minimum absolute atomic E-state index is 0.778. The van der Waals surface area contributed by atoms with Crippen LogP contribution in [0.1, 0.15) is 63.2 Å². The van der Waals surface area contributed by atoms with Gasteiger partial charge in [-0.25, -0.2) is 0 Å². The van der Waals surface area contributed by atoms with E-state index in [-0.39, 0.29) is 0 Å². The van der Waals surface area contributed by atoms with Crippen molar-refractivity contribution in [3.63, 3.8) is 0 Å². The molecule has 1 heterocycles. The molecule has 0 amide bonds. The van der Waals surface area contributed by atoms with Crippen LogP contribution in [0.15, 0.2) is 17.5 Å². The highest BCUT2D eigenvalue weighted by molar-refractivity contribution is 7.09.